The topological polar surface area (TPSA) is 86.3 Å². The van der Waals surface area contributed by atoms with E-state index in [0.29, 0.717) is 24.6 Å². The number of hydroxylamine groups is 2. The zero-order chi connectivity index (χ0) is 28.3. The molecule has 0 spiro atoms. The fourth-order valence-corrected chi connectivity index (χ4v) is 6.13. The highest BCUT2D eigenvalue weighted by molar-refractivity contribution is 5.95. The van der Waals surface area contributed by atoms with E-state index in [1.165, 1.54) is 11.1 Å². The first-order chi connectivity index (χ1) is 18.6. The highest BCUT2D eigenvalue weighted by atomic mass is 16.7. The van der Waals surface area contributed by atoms with Crippen molar-refractivity contribution in [1.29, 1.82) is 0 Å². The van der Waals surface area contributed by atoms with Crippen LogP contribution in [0.3, 0.4) is 0 Å². The van der Waals surface area contributed by atoms with Crippen LogP contribution < -0.4 is 0 Å². The standard InChI is InChI=1S/C30H45N5O4/c1-20(2)17-25-29(37)33(24-13-11-23(12-14-24)32(5)6)19-27-34(25)30(38)26(18-21(3)4)39-35(27)28(36)15-10-22-9-7-8-16-31-22/h7-10,15-16,20-21,23-27H,11-14,17-19H2,1-6H3/b15-10+/t23?,24?,25-,26+,27-/m0/s1. The zero-order valence-electron chi connectivity index (χ0n) is 24.3. The smallest absolute Gasteiger partial charge is 0.272 e. The lowest BCUT2D eigenvalue weighted by molar-refractivity contribution is -0.275. The number of fused-ring (bicyclic) bond motifs is 1. The predicted molar refractivity (Wildman–Crippen MR) is 150 cm³/mol. The Bertz CT molecular complexity index is 1040. The van der Waals surface area contributed by atoms with E-state index in [2.05, 4.69) is 37.8 Å². The van der Waals surface area contributed by atoms with Crippen molar-refractivity contribution in [1.82, 2.24) is 24.7 Å². The molecule has 3 amide bonds. The third kappa shape index (κ3) is 6.69. The molecule has 4 rings (SSSR count). The van der Waals surface area contributed by atoms with Crippen molar-refractivity contribution in [2.24, 2.45) is 11.8 Å². The molecule has 214 valence electrons. The molecule has 0 N–H and O–H groups in total. The summed E-state index contributed by atoms with van der Waals surface area (Å²) in [6.07, 6.45) is 8.18. The maximum atomic E-state index is 14.0. The van der Waals surface area contributed by atoms with Gasteiger partial charge in [-0.15, -0.1) is 0 Å². The molecule has 9 heteroatoms. The molecule has 1 aromatic heterocycles. The van der Waals surface area contributed by atoms with E-state index in [4.69, 9.17) is 4.84 Å². The third-order valence-electron chi connectivity index (χ3n) is 8.15. The maximum absolute atomic E-state index is 14.0. The Morgan fingerprint density at radius 2 is 1.74 bits per heavy atom. The summed E-state index contributed by atoms with van der Waals surface area (Å²) in [6.45, 7) is 8.44. The SMILES string of the molecule is CC(C)C[C@H]1ON(C(=O)/C=C/c2ccccn2)[C@H]2CN(C3CCC(N(C)C)CC3)C(=O)[C@H](CC(C)C)N2C1=O. The number of nitrogens with zero attached hydrogens (tertiary/aromatic N) is 5. The second-order valence-corrected chi connectivity index (χ2v) is 12.3. The van der Waals surface area contributed by atoms with E-state index in [-0.39, 0.29) is 42.1 Å². The number of hydrogen-bond donors (Lipinski definition) is 0. The number of pyridine rings is 1. The van der Waals surface area contributed by atoms with Gasteiger partial charge in [-0.05, 0) is 82.7 Å². The minimum atomic E-state index is -0.807. The van der Waals surface area contributed by atoms with Crippen LogP contribution in [0, 0.1) is 11.8 Å². The lowest BCUT2D eigenvalue weighted by atomic mass is 9.87. The normalized spacial score (nSPS) is 28.2. The van der Waals surface area contributed by atoms with Crippen LogP contribution in [0.5, 0.6) is 0 Å². The fraction of sp³-hybridized carbons (Fsp3) is 0.667. The van der Waals surface area contributed by atoms with E-state index in [0.717, 1.165) is 25.7 Å². The van der Waals surface area contributed by atoms with Crippen LogP contribution in [-0.4, -0.2) is 93.5 Å². The second-order valence-electron chi connectivity index (χ2n) is 12.3. The van der Waals surface area contributed by atoms with Gasteiger partial charge in [0.1, 0.15) is 6.04 Å². The molecule has 0 radical (unpaired) electrons. The number of carbonyl (C=O) groups is 3. The number of amides is 3. The molecule has 1 aromatic rings. The number of rotatable bonds is 8. The third-order valence-corrected chi connectivity index (χ3v) is 8.15. The van der Waals surface area contributed by atoms with Crippen molar-refractivity contribution in [2.45, 2.75) is 96.6 Å². The largest absolute Gasteiger partial charge is 0.334 e. The van der Waals surface area contributed by atoms with E-state index in [1.807, 2.05) is 36.9 Å². The lowest BCUT2D eigenvalue weighted by Crippen LogP contribution is -2.74. The van der Waals surface area contributed by atoms with Crippen LogP contribution in [0.1, 0.15) is 71.9 Å². The van der Waals surface area contributed by atoms with Crippen molar-refractivity contribution in [3.63, 3.8) is 0 Å². The number of carbonyl (C=O) groups excluding carboxylic acids is 3. The Kier molecular flexibility index (Phi) is 9.43. The number of piperazine rings is 1. The Balaban J connectivity index is 1.66. The van der Waals surface area contributed by atoms with Gasteiger partial charge in [-0.3, -0.25) is 24.2 Å². The minimum absolute atomic E-state index is 0.00299. The molecule has 0 unspecified atom stereocenters. The van der Waals surface area contributed by atoms with Crippen LogP contribution in [0.25, 0.3) is 6.08 Å². The van der Waals surface area contributed by atoms with E-state index in [9.17, 15) is 14.4 Å². The molecule has 9 nitrogen and oxygen atoms in total. The van der Waals surface area contributed by atoms with Crippen molar-refractivity contribution in [2.75, 3.05) is 20.6 Å². The van der Waals surface area contributed by atoms with Gasteiger partial charge in [0.25, 0.3) is 11.8 Å². The Morgan fingerprint density at radius 3 is 2.33 bits per heavy atom. The van der Waals surface area contributed by atoms with Gasteiger partial charge in [0.15, 0.2) is 12.3 Å². The highest BCUT2D eigenvalue weighted by Crippen LogP contribution is 2.35. The maximum Gasteiger partial charge on any atom is 0.272 e. The number of hydrogen-bond acceptors (Lipinski definition) is 6. The summed E-state index contributed by atoms with van der Waals surface area (Å²) < 4.78 is 0. The summed E-state index contributed by atoms with van der Waals surface area (Å²) in [5, 5.41) is 1.35. The van der Waals surface area contributed by atoms with E-state index < -0.39 is 18.3 Å². The first-order valence-corrected chi connectivity index (χ1v) is 14.4. The van der Waals surface area contributed by atoms with E-state index in [1.54, 1.807) is 17.2 Å². The summed E-state index contributed by atoms with van der Waals surface area (Å²) in [6, 6.07) is 5.49. The van der Waals surface area contributed by atoms with Gasteiger partial charge in [0.05, 0.1) is 12.2 Å². The highest BCUT2D eigenvalue weighted by Gasteiger charge is 2.53. The minimum Gasteiger partial charge on any atom is -0.334 e. The molecular formula is C30H45N5O4. The van der Waals surface area contributed by atoms with Gasteiger partial charge in [0.2, 0.25) is 5.91 Å². The second kappa shape index (κ2) is 12.6. The first kappa shape index (κ1) is 29.2. The Morgan fingerprint density at radius 1 is 1.05 bits per heavy atom. The van der Waals surface area contributed by atoms with Crippen LogP contribution >= 0.6 is 0 Å². The summed E-state index contributed by atoms with van der Waals surface area (Å²) in [7, 11) is 4.21. The van der Waals surface area contributed by atoms with Gasteiger partial charge in [-0.2, -0.15) is 5.06 Å². The molecule has 2 aliphatic heterocycles. The number of aromatic nitrogens is 1. The van der Waals surface area contributed by atoms with Crippen molar-refractivity contribution >= 4 is 23.8 Å². The van der Waals surface area contributed by atoms with Crippen LogP contribution in [-0.2, 0) is 19.2 Å². The van der Waals surface area contributed by atoms with Gasteiger partial charge >= 0.3 is 0 Å². The van der Waals surface area contributed by atoms with Crippen LogP contribution in [0.2, 0.25) is 0 Å². The van der Waals surface area contributed by atoms with Crippen molar-refractivity contribution in [3.8, 4) is 0 Å². The molecule has 39 heavy (non-hydrogen) atoms. The van der Waals surface area contributed by atoms with Gasteiger partial charge in [0, 0.05) is 24.4 Å². The monoisotopic (exact) mass is 539 g/mol. The lowest BCUT2D eigenvalue weighted by Gasteiger charge is -2.55. The van der Waals surface area contributed by atoms with Crippen molar-refractivity contribution < 1.29 is 19.2 Å². The van der Waals surface area contributed by atoms with Gasteiger partial charge in [-0.1, -0.05) is 33.8 Å². The molecule has 1 aliphatic carbocycles. The predicted octanol–water partition coefficient (Wildman–Crippen LogP) is 3.57. The summed E-state index contributed by atoms with van der Waals surface area (Å²) >= 11 is 0. The van der Waals surface area contributed by atoms with Gasteiger partial charge < -0.3 is 14.7 Å². The molecule has 3 heterocycles. The molecule has 1 saturated carbocycles. The molecule has 3 fully saturated rings. The van der Waals surface area contributed by atoms with Crippen LogP contribution in [0.4, 0.5) is 0 Å². The van der Waals surface area contributed by atoms with Gasteiger partial charge in [-0.25, -0.2) is 0 Å². The summed E-state index contributed by atoms with van der Waals surface area (Å²) in [5.41, 5.74) is 0.658. The Labute approximate surface area is 233 Å². The molecule has 0 bridgehead atoms. The zero-order valence-corrected chi connectivity index (χ0v) is 24.3. The van der Waals surface area contributed by atoms with Crippen LogP contribution in [0.15, 0.2) is 30.5 Å². The quantitative estimate of drug-likeness (QED) is 0.470. The average molecular weight is 540 g/mol. The first-order valence-electron chi connectivity index (χ1n) is 14.4. The molecule has 3 atom stereocenters. The average Bonchev–Trinajstić information content (AvgIpc) is 2.90. The fourth-order valence-electron chi connectivity index (χ4n) is 6.13. The Hall–Kier alpha value is -2.78. The molecule has 3 aliphatic rings. The summed E-state index contributed by atoms with van der Waals surface area (Å²) in [5.74, 6) is -0.157. The molecular weight excluding hydrogens is 494 g/mol. The summed E-state index contributed by atoms with van der Waals surface area (Å²) in [4.78, 5) is 57.8. The molecule has 0 aromatic carbocycles. The van der Waals surface area contributed by atoms with E-state index >= 15 is 0 Å². The van der Waals surface area contributed by atoms with Crippen molar-refractivity contribution in [3.05, 3.63) is 36.2 Å². The molecule has 2 saturated heterocycles.